The molecule has 2 aromatic carbocycles. The Kier molecular flexibility index (Phi) is 4.43. The van der Waals surface area contributed by atoms with Crippen molar-refractivity contribution in [1.82, 2.24) is 14.8 Å². The average Bonchev–Trinajstić information content (AvgIpc) is 3.05. The summed E-state index contributed by atoms with van der Waals surface area (Å²) in [5, 5.41) is 8.20. The number of allylic oxidation sites excluding steroid dienone is 2. The summed E-state index contributed by atoms with van der Waals surface area (Å²) >= 11 is 6.37. The van der Waals surface area contributed by atoms with Crippen LogP contribution in [0, 0.1) is 18.6 Å². The van der Waals surface area contributed by atoms with Crippen molar-refractivity contribution in [1.29, 1.82) is 0 Å². The molecule has 2 heterocycles. The molecule has 2 aliphatic rings. The van der Waals surface area contributed by atoms with Gasteiger partial charge < -0.3 is 5.32 Å². The van der Waals surface area contributed by atoms with Crippen LogP contribution in [-0.4, -0.2) is 20.5 Å². The fourth-order valence-corrected chi connectivity index (χ4v) is 4.68. The number of hydrogen-bond donors (Lipinski definition) is 1. The minimum Gasteiger partial charge on any atom is -0.328 e. The van der Waals surface area contributed by atoms with E-state index in [1.165, 1.54) is 16.8 Å². The monoisotopic (exact) mass is 426 g/mol. The maximum atomic E-state index is 14.0. The Balaban J connectivity index is 1.65. The summed E-state index contributed by atoms with van der Waals surface area (Å²) in [6.45, 7) is 1.73. The molecule has 0 spiro atoms. The van der Waals surface area contributed by atoms with Gasteiger partial charge in [-0.15, -0.1) is 0 Å². The number of aromatic nitrogens is 3. The largest absolute Gasteiger partial charge is 0.328 e. The molecule has 2 unspecified atom stereocenters. The van der Waals surface area contributed by atoms with Crippen LogP contribution < -0.4 is 5.32 Å². The predicted molar refractivity (Wildman–Crippen MR) is 108 cm³/mol. The number of rotatable bonds is 2. The van der Waals surface area contributed by atoms with Gasteiger partial charge in [-0.05, 0) is 48.6 Å². The average molecular weight is 427 g/mol. The second-order valence-corrected chi connectivity index (χ2v) is 8.01. The van der Waals surface area contributed by atoms with E-state index in [0.29, 0.717) is 40.0 Å². The number of aryl methyl sites for hydroxylation is 1. The molecule has 5 nitrogen and oxygen atoms in total. The van der Waals surface area contributed by atoms with Crippen molar-refractivity contribution in [3.63, 3.8) is 0 Å². The lowest BCUT2D eigenvalue weighted by atomic mass is 9.78. The summed E-state index contributed by atoms with van der Waals surface area (Å²) in [5.41, 5.74) is 2.36. The van der Waals surface area contributed by atoms with Gasteiger partial charge in [0.25, 0.3) is 0 Å². The quantitative estimate of drug-likeness (QED) is 0.631. The highest BCUT2D eigenvalue weighted by Gasteiger charge is 2.40. The predicted octanol–water partition coefficient (Wildman–Crippen LogP) is 4.93. The topological polar surface area (TPSA) is 59.8 Å². The highest BCUT2D eigenvalue weighted by molar-refractivity contribution is 6.31. The maximum Gasteiger partial charge on any atom is 0.226 e. The highest BCUT2D eigenvalue weighted by Crippen LogP contribution is 2.45. The number of carbonyl (C=O) groups is 1. The Morgan fingerprint density at radius 2 is 1.87 bits per heavy atom. The van der Waals surface area contributed by atoms with Gasteiger partial charge in [-0.1, -0.05) is 29.8 Å². The molecular formula is C22H17ClF2N4O. The van der Waals surface area contributed by atoms with Crippen LogP contribution in [0.25, 0.3) is 0 Å². The summed E-state index contributed by atoms with van der Waals surface area (Å²) in [4.78, 5) is 17.7. The molecule has 1 aliphatic carbocycles. The Labute approximate surface area is 176 Å². The number of halogens is 3. The lowest BCUT2D eigenvalue weighted by Crippen LogP contribution is -2.33. The first kappa shape index (κ1) is 18.9. The lowest BCUT2D eigenvalue weighted by molar-refractivity contribution is -0.116. The van der Waals surface area contributed by atoms with Crippen LogP contribution in [0.2, 0.25) is 5.02 Å². The summed E-state index contributed by atoms with van der Waals surface area (Å²) in [5.74, 6) is -0.689. The van der Waals surface area contributed by atoms with Crippen molar-refractivity contribution in [2.24, 2.45) is 0 Å². The first-order valence-corrected chi connectivity index (χ1v) is 9.95. The van der Waals surface area contributed by atoms with E-state index in [-0.39, 0.29) is 18.1 Å². The van der Waals surface area contributed by atoms with E-state index in [2.05, 4.69) is 15.4 Å². The van der Waals surface area contributed by atoms with Crippen molar-refractivity contribution in [3.05, 3.63) is 87.3 Å². The molecule has 0 saturated heterocycles. The van der Waals surface area contributed by atoms with Crippen molar-refractivity contribution in [3.8, 4) is 0 Å². The second-order valence-electron chi connectivity index (χ2n) is 7.60. The third-order valence-electron chi connectivity index (χ3n) is 5.57. The molecule has 1 N–H and O–H groups in total. The number of Topliss-reactive ketones (excluding diaryl/α,β-unsaturated/α-hetero) is 1. The van der Waals surface area contributed by atoms with E-state index in [1.807, 2.05) is 18.2 Å². The van der Waals surface area contributed by atoms with Crippen LogP contribution in [0.5, 0.6) is 0 Å². The van der Waals surface area contributed by atoms with Gasteiger partial charge in [0, 0.05) is 28.8 Å². The normalized spacial score (nSPS) is 20.6. The molecular weight excluding hydrogens is 410 g/mol. The fourth-order valence-electron chi connectivity index (χ4n) is 4.39. The SMILES string of the molecule is Cc1nc2n(n1)C(c1cc(F)cc(F)c1)C1=C(CC(c3ccccc3Cl)CC1=O)N2. The highest BCUT2D eigenvalue weighted by atomic mass is 35.5. The standard InChI is InChI=1S/C22H17ClF2N4O/c1-11-26-22-27-18-8-12(16-4-2-3-5-17(16)23)9-19(30)20(18)21(29(22)28-11)13-6-14(24)10-15(25)7-13/h2-7,10,12,21H,8-9H2,1H3,(H,26,27,28). The van der Waals surface area contributed by atoms with Crippen LogP contribution >= 0.6 is 11.6 Å². The molecule has 0 saturated carbocycles. The number of ketones is 1. The molecule has 8 heteroatoms. The van der Waals surface area contributed by atoms with Gasteiger partial charge in [0.15, 0.2) is 5.78 Å². The fraction of sp³-hybridized carbons (Fsp3) is 0.227. The minimum atomic E-state index is -0.748. The van der Waals surface area contributed by atoms with Crippen molar-refractivity contribution in [2.45, 2.75) is 31.7 Å². The molecule has 0 amide bonds. The molecule has 1 aliphatic heterocycles. The van der Waals surface area contributed by atoms with E-state index >= 15 is 0 Å². The lowest BCUT2D eigenvalue weighted by Gasteiger charge is -2.35. The Hall–Kier alpha value is -3.06. The molecule has 5 rings (SSSR count). The Bertz CT molecular complexity index is 1200. The summed E-state index contributed by atoms with van der Waals surface area (Å²) in [7, 11) is 0. The third kappa shape index (κ3) is 3.10. The molecule has 0 radical (unpaired) electrons. The zero-order valence-electron chi connectivity index (χ0n) is 16.0. The van der Waals surface area contributed by atoms with Crippen LogP contribution in [-0.2, 0) is 4.79 Å². The molecule has 3 aromatic rings. The zero-order valence-corrected chi connectivity index (χ0v) is 16.8. The molecule has 30 heavy (non-hydrogen) atoms. The number of nitrogens with zero attached hydrogens (tertiary/aromatic N) is 3. The molecule has 152 valence electrons. The number of nitrogens with one attached hydrogen (secondary N) is 1. The van der Waals surface area contributed by atoms with E-state index < -0.39 is 17.7 Å². The summed E-state index contributed by atoms with van der Waals surface area (Å²) < 4.78 is 29.5. The zero-order chi connectivity index (χ0) is 21.0. The van der Waals surface area contributed by atoms with Crippen LogP contribution in [0.15, 0.2) is 53.7 Å². The first-order valence-electron chi connectivity index (χ1n) is 9.57. The second kappa shape index (κ2) is 7.02. The molecule has 0 fully saturated rings. The van der Waals surface area contributed by atoms with Gasteiger partial charge >= 0.3 is 0 Å². The third-order valence-corrected chi connectivity index (χ3v) is 5.92. The number of hydrogen-bond acceptors (Lipinski definition) is 4. The van der Waals surface area contributed by atoms with Gasteiger partial charge in [-0.25, -0.2) is 13.5 Å². The van der Waals surface area contributed by atoms with Crippen LogP contribution in [0.3, 0.4) is 0 Å². The number of anilines is 1. The number of carbonyl (C=O) groups excluding carboxylic acids is 1. The van der Waals surface area contributed by atoms with E-state index in [1.54, 1.807) is 13.0 Å². The van der Waals surface area contributed by atoms with Gasteiger partial charge in [-0.2, -0.15) is 10.1 Å². The van der Waals surface area contributed by atoms with Crippen molar-refractivity contribution in [2.75, 3.05) is 5.32 Å². The van der Waals surface area contributed by atoms with Crippen molar-refractivity contribution < 1.29 is 13.6 Å². The van der Waals surface area contributed by atoms with Gasteiger partial charge in [0.05, 0.1) is 0 Å². The summed E-state index contributed by atoms with van der Waals surface area (Å²) in [6.07, 6.45) is 0.784. The smallest absolute Gasteiger partial charge is 0.226 e. The van der Waals surface area contributed by atoms with Crippen molar-refractivity contribution >= 4 is 23.3 Å². The van der Waals surface area contributed by atoms with E-state index in [9.17, 15) is 13.6 Å². The molecule has 2 atom stereocenters. The number of benzene rings is 2. The minimum absolute atomic E-state index is 0.0992. The first-order chi connectivity index (χ1) is 14.4. The van der Waals surface area contributed by atoms with Gasteiger partial charge in [0.1, 0.15) is 23.5 Å². The van der Waals surface area contributed by atoms with Crippen LogP contribution in [0.1, 0.15) is 41.8 Å². The van der Waals surface area contributed by atoms with Gasteiger partial charge in [0.2, 0.25) is 5.95 Å². The maximum absolute atomic E-state index is 14.0. The van der Waals surface area contributed by atoms with E-state index in [0.717, 1.165) is 11.6 Å². The van der Waals surface area contributed by atoms with Crippen LogP contribution in [0.4, 0.5) is 14.7 Å². The van der Waals surface area contributed by atoms with Gasteiger partial charge in [-0.3, -0.25) is 4.79 Å². The molecule has 1 aromatic heterocycles. The van der Waals surface area contributed by atoms with E-state index in [4.69, 9.17) is 11.6 Å². The Morgan fingerprint density at radius 1 is 1.13 bits per heavy atom. The summed E-state index contributed by atoms with van der Waals surface area (Å²) in [6, 6.07) is 9.99. The number of fused-ring (bicyclic) bond motifs is 1. The Morgan fingerprint density at radius 3 is 2.60 bits per heavy atom. The molecule has 0 bridgehead atoms.